The van der Waals surface area contributed by atoms with E-state index in [0.717, 1.165) is 6.26 Å². The molecule has 1 heterocycles. The van der Waals surface area contributed by atoms with Crippen molar-refractivity contribution in [3.63, 3.8) is 0 Å². The Morgan fingerprint density at radius 2 is 1.92 bits per heavy atom. The van der Waals surface area contributed by atoms with Crippen LogP contribution in [0.25, 0.3) is 0 Å². The molecule has 9 heteroatoms. The highest BCUT2D eigenvalue weighted by atomic mass is 32.2. The highest BCUT2D eigenvalue weighted by Crippen LogP contribution is 2.25. The Morgan fingerprint density at radius 1 is 1.38 bits per heavy atom. The van der Waals surface area contributed by atoms with Crippen molar-refractivity contribution in [2.75, 3.05) is 6.26 Å². The third kappa shape index (κ3) is 2.17. The molecule has 0 aliphatic carbocycles. The summed E-state index contributed by atoms with van der Waals surface area (Å²) in [5.74, 6) is -1.42. The number of hydrogen-bond acceptors (Lipinski definition) is 4. The quantitative estimate of drug-likeness (QED) is 0.727. The van der Waals surface area contributed by atoms with Crippen LogP contribution < -0.4 is 0 Å². The molecule has 0 amide bonds. The molecule has 0 atom stereocenters. The fourth-order valence-electron chi connectivity index (χ4n) is 0.539. The van der Waals surface area contributed by atoms with Crippen molar-refractivity contribution in [1.29, 1.82) is 0 Å². The summed E-state index contributed by atoms with van der Waals surface area (Å²) < 4.78 is 56.9. The van der Waals surface area contributed by atoms with Crippen LogP contribution in [-0.4, -0.2) is 29.9 Å². The lowest BCUT2D eigenvalue weighted by molar-refractivity contribution is -0.144. The maximum atomic E-state index is 11.9. The van der Waals surface area contributed by atoms with E-state index < -0.39 is 27.0 Å². The number of alkyl halides is 3. The lowest BCUT2D eigenvalue weighted by atomic mass is 10.6. The maximum absolute atomic E-state index is 11.9. The van der Waals surface area contributed by atoms with Gasteiger partial charge in [0.05, 0.1) is 0 Å². The van der Waals surface area contributed by atoms with Crippen molar-refractivity contribution < 1.29 is 21.6 Å². The smallest absolute Gasteiger partial charge is 0.254 e. The van der Waals surface area contributed by atoms with E-state index in [1.807, 2.05) is 0 Å². The van der Waals surface area contributed by atoms with Gasteiger partial charge in [0.15, 0.2) is 0 Å². The first-order valence-corrected chi connectivity index (χ1v) is 4.80. The molecule has 1 N–H and O–H groups in total. The van der Waals surface area contributed by atoms with Gasteiger partial charge in [0.1, 0.15) is 0 Å². The van der Waals surface area contributed by atoms with Gasteiger partial charge in [-0.2, -0.15) is 18.2 Å². The molecule has 0 unspecified atom stereocenters. The third-order valence-corrected chi connectivity index (χ3v) is 1.91. The van der Waals surface area contributed by atoms with E-state index in [1.165, 1.54) is 5.10 Å². The summed E-state index contributed by atoms with van der Waals surface area (Å²) in [6.45, 7) is 0. The Labute approximate surface area is 70.9 Å². The molecule has 0 spiro atoms. The number of aromatic nitrogens is 3. The van der Waals surface area contributed by atoms with Crippen LogP contribution in [-0.2, 0) is 16.0 Å². The van der Waals surface area contributed by atoms with Gasteiger partial charge in [-0.3, -0.25) is 5.10 Å². The van der Waals surface area contributed by atoms with E-state index in [1.54, 1.807) is 0 Å². The summed E-state index contributed by atoms with van der Waals surface area (Å²) in [4.78, 5) is 2.77. The number of aromatic amines is 1. The van der Waals surface area contributed by atoms with Gasteiger partial charge in [-0.25, -0.2) is 8.42 Å². The minimum atomic E-state index is -4.71. The van der Waals surface area contributed by atoms with Crippen LogP contribution >= 0.6 is 0 Å². The molecule has 0 aromatic carbocycles. The molecule has 0 saturated heterocycles. The molecule has 74 valence electrons. The molecule has 1 aromatic heterocycles. The van der Waals surface area contributed by atoms with Gasteiger partial charge >= 0.3 is 6.18 Å². The van der Waals surface area contributed by atoms with Gasteiger partial charge < -0.3 is 0 Å². The summed E-state index contributed by atoms with van der Waals surface area (Å²) >= 11 is 0. The fraction of sp³-hybridized carbons (Fsp3) is 0.500. The second-order valence-corrected chi connectivity index (χ2v) is 4.15. The molecule has 5 nitrogen and oxygen atoms in total. The van der Waals surface area contributed by atoms with Crippen LogP contribution in [0.4, 0.5) is 13.2 Å². The first kappa shape index (κ1) is 9.96. The van der Waals surface area contributed by atoms with Crippen molar-refractivity contribution in [3.05, 3.63) is 5.82 Å². The first-order valence-electron chi connectivity index (χ1n) is 2.91. The first-order chi connectivity index (χ1) is 5.71. The van der Waals surface area contributed by atoms with Gasteiger partial charge in [-0.05, 0) is 0 Å². The lowest BCUT2D eigenvalue weighted by Gasteiger charge is -1.97. The molecule has 0 aliphatic heterocycles. The lowest BCUT2D eigenvalue weighted by Crippen LogP contribution is -2.08. The van der Waals surface area contributed by atoms with Crippen molar-refractivity contribution >= 4 is 9.84 Å². The zero-order chi connectivity index (χ0) is 10.3. The van der Waals surface area contributed by atoms with Crippen LogP contribution in [0, 0.1) is 0 Å². The molecule has 0 aliphatic rings. The van der Waals surface area contributed by atoms with Crippen molar-refractivity contribution in [2.45, 2.75) is 11.3 Å². The summed E-state index contributed by atoms with van der Waals surface area (Å²) in [5, 5.41) is 3.54. The number of hydrogen-bond donors (Lipinski definition) is 1. The molecule has 1 rings (SSSR count). The van der Waals surface area contributed by atoms with E-state index in [2.05, 4.69) is 10.1 Å². The SMILES string of the molecule is CS(=O)(=O)c1n[nH]c(C(F)(F)F)n1. The van der Waals surface area contributed by atoms with E-state index in [4.69, 9.17) is 0 Å². The van der Waals surface area contributed by atoms with Crippen molar-refractivity contribution in [3.8, 4) is 0 Å². The van der Waals surface area contributed by atoms with E-state index in [9.17, 15) is 21.6 Å². The van der Waals surface area contributed by atoms with Gasteiger partial charge in [0.25, 0.3) is 5.16 Å². The number of rotatable bonds is 1. The fourth-order valence-corrected chi connectivity index (χ4v) is 1.01. The van der Waals surface area contributed by atoms with Gasteiger partial charge in [0, 0.05) is 6.26 Å². The summed E-state index contributed by atoms with van der Waals surface area (Å²) in [7, 11) is -3.80. The molecule has 0 fully saturated rings. The normalized spacial score (nSPS) is 13.2. The third-order valence-electron chi connectivity index (χ3n) is 1.07. The van der Waals surface area contributed by atoms with Crippen LogP contribution in [0.5, 0.6) is 0 Å². The van der Waals surface area contributed by atoms with Crippen LogP contribution in [0.15, 0.2) is 5.16 Å². The second-order valence-electron chi connectivity index (χ2n) is 2.24. The van der Waals surface area contributed by atoms with Crippen LogP contribution in [0.1, 0.15) is 5.82 Å². The Bertz CT molecular complexity index is 407. The van der Waals surface area contributed by atoms with E-state index in [-0.39, 0.29) is 0 Å². The molecular formula is C4H4F3N3O2S. The molecule has 13 heavy (non-hydrogen) atoms. The summed E-state index contributed by atoms with van der Waals surface area (Å²) in [5.41, 5.74) is 0. The topological polar surface area (TPSA) is 75.7 Å². The monoisotopic (exact) mass is 215 g/mol. The largest absolute Gasteiger partial charge is 0.451 e. The predicted octanol–water partition coefficient (Wildman–Crippen LogP) is 0.227. The van der Waals surface area contributed by atoms with E-state index >= 15 is 0 Å². The van der Waals surface area contributed by atoms with Crippen LogP contribution in [0.2, 0.25) is 0 Å². The highest BCUT2D eigenvalue weighted by molar-refractivity contribution is 7.90. The number of nitrogens with one attached hydrogen (secondary N) is 1. The number of sulfone groups is 1. The molecule has 0 radical (unpaired) electrons. The van der Waals surface area contributed by atoms with Gasteiger partial charge in [-0.1, -0.05) is 0 Å². The Morgan fingerprint density at radius 3 is 2.15 bits per heavy atom. The predicted molar refractivity (Wildman–Crippen MR) is 34.5 cm³/mol. The van der Waals surface area contributed by atoms with E-state index in [0.29, 0.717) is 0 Å². The number of halogens is 3. The van der Waals surface area contributed by atoms with Gasteiger partial charge in [-0.15, -0.1) is 5.10 Å². The molecular weight excluding hydrogens is 211 g/mol. The Kier molecular flexibility index (Phi) is 2.06. The summed E-state index contributed by atoms with van der Waals surface area (Å²) in [6.07, 6.45) is -3.99. The second kappa shape index (κ2) is 2.69. The average molecular weight is 215 g/mol. The van der Waals surface area contributed by atoms with Crippen molar-refractivity contribution in [2.24, 2.45) is 0 Å². The standard InChI is InChI=1S/C4H4F3N3O2S/c1-13(11,12)3-8-2(9-10-3)4(5,6)7/h1H3,(H,8,9,10). The number of nitrogens with zero attached hydrogens (tertiary/aromatic N) is 2. The zero-order valence-corrected chi connectivity index (χ0v) is 7.07. The Hall–Kier alpha value is -1.12. The summed E-state index contributed by atoms with van der Waals surface area (Å²) in [6, 6.07) is 0. The number of H-pyrrole nitrogens is 1. The maximum Gasteiger partial charge on any atom is 0.451 e. The molecule has 0 saturated carbocycles. The molecule has 0 bridgehead atoms. The average Bonchev–Trinajstić information content (AvgIpc) is 2.28. The minimum absolute atomic E-state index is 0.719. The van der Waals surface area contributed by atoms with Gasteiger partial charge in [0.2, 0.25) is 15.7 Å². The van der Waals surface area contributed by atoms with Crippen LogP contribution in [0.3, 0.4) is 0 Å². The highest BCUT2D eigenvalue weighted by Gasteiger charge is 2.36. The zero-order valence-electron chi connectivity index (χ0n) is 6.25. The molecule has 1 aromatic rings. The van der Waals surface area contributed by atoms with Crippen molar-refractivity contribution in [1.82, 2.24) is 15.2 Å². The minimum Gasteiger partial charge on any atom is -0.254 e. The Balaban J connectivity index is 3.16.